The van der Waals surface area contributed by atoms with Gasteiger partial charge in [-0.2, -0.15) is 0 Å². The van der Waals surface area contributed by atoms with Crippen LogP contribution in [0.5, 0.6) is 0 Å². The summed E-state index contributed by atoms with van der Waals surface area (Å²) in [5.41, 5.74) is 6.22. The van der Waals surface area contributed by atoms with Gasteiger partial charge in [0.1, 0.15) is 0 Å². The van der Waals surface area contributed by atoms with Crippen LogP contribution in [-0.4, -0.2) is 0 Å². The molecule has 0 saturated carbocycles. The van der Waals surface area contributed by atoms with Crippen molar-refractivity contribution in [2.45, 2.75) is 28.4 Å². The van der Waals surface area contributed by atoms with Gasteiger partial charge in [0, 0.05) is 0 Å². The number of hydrogen-bond acceptors (Lipinski definition) is 0. The number of rotatable bonds is 2. The molecule has 0 nitrogen and oxygen atoms in total. The Labute approximate surface area is 213 Å². The Balaban J connectivity index is 0.00000114. The van der Waals surface area contributed by atoms with E-state index in [1.54, 1.807) is 11.1 Å². The van der Waals surface area contributed by atoms with Crippen LogP contribution in [0.4, 0.5) is 0 Å². The topological polar surface area (TPSA) is 0 Å². The summed E-state index contributed by atoms with van der Waals surface area (Å²) >= 11 is -2.62. The Hall–Kier alpha value is -1.66. The van der Waals surface area contributed by atoms with E-state index in [0.717, 1.165) is 7.25 Å². The summed E-state index contributed by atoms with van der Waals surface area (Å²) in [6, 6.07) is 27.4. The van der Waals surface area contributed by atoms with Gasteiger partial charge >= 0.3 is 190 Å². The SMILES string of the molecule is C[CH]1[CH](C)[Zr+2]1([CH]1C=Cc2c1ccc1ccccc21)[CH]1C=Cc2c1ccc1ccccc21.[Cl-].[Cl-]. The molecule has 7 rings (SSSR count). The van der Waals surface area contributed by atoms with Crippen LogP contribution in [0, 0.1) is 0 Å². The van der Waals surface area contributed by atoms with Crippen LogP contribution in [0.1, 0.15) is 43.4 Å². The molecule has 4 unspecified atom stereocenters. The minimum atomic E-state index is -2.62. The predicted octanol–water partition coefficient (Wildman–Crippen LogP) is 2.62. The normalized spacial score (nSPS) is 26.4. The first-order valence-electron chi connectivity index (χ1n) is 11.6. The first-order valence-corrected chi connectivity index (χ1v) is 17.3. The summed E-state index contributed by atoms with van der Waals surface area (Å²) in [7, 11) is 0. The molecular weight excluding hydrogens is 522 g/mol. The molecular formula is C30H26Cl2Zr. The summed E-state index contributed by atoms with van der Waals surface area (Å²) in [5, 5.41) is 5.58. The van der Waals surface area contributed by atoms with Crippen LogP contribution < -0.4 is 24.8 Å². The fourth-order valence-electron chi connectivity index (χ4n) is 7.17. The summed E-state index contributed by atoms with van der Waals surface area (Å²) in [6.07, 6.45) is 10.1. The average molecular weight is 549 g/mol. The number of allylic oxidation sites excluding steroid dienone is 2. The van der Waals surface area contributed by atoms with E-state index in [4.69, 9.17) is 0 Å². The zero-order chi connectivity index (χ0) is 20.7. The predicted molar refractivity (Wildman–Crippen MR) is 130 cm³/mol. The number of halogens is 2. The molecule has 1 saturated heterocycles. The zero-order valence-corrected chi connectivity index (χ0v) is 22.8. The number of fused-ring (bicyclic) bond motifs is 6. The maximum Gasteiger partial charge on any atom is -1.00 e. The number of hydrogen-bond donors (Lipinski definition) is 0. The molecule has 4 atom stereocenters. The van der Waals surface area contributed by atoms with Crippen molar-refractivity contribution in [3.8, 4) is 0 Å². The van der Waals surface area contributed by atoms with E-state index in [1.165, 1.54) is 32.7 Å². The maximum atomic E-state index is 2.61. The second kappa shape index (κ2) is 8.23. The van der Waals surface area contributed by atoms with Gasteiger partial charge < -0.3 is 24.8 Å². The van der Waals surface area contributed by atoms with E-state index < -0.39 is 20.3 Å². The summed E-state index contributed by atoms with van der Waals surface area (Å²) in [6.45, 7) is 5.14. The average Bonchev–Trinajstić information content (AvgIpc) is 3.21. The quantitative estimate of drug-likeness (QED) is 0.362. The zero-order valence-electron chi connectivity index (χ0n) is 18.8. The Morgan fingerprint density at radius 3 is 1.39 bits per heavy atom. The van der Waals surface area contributed by atoms with Gasteiger partial charge in [-0.1, -0.05) is 0 Å². The van der Waals surface area contributed by atoms with Crippen molar-refractivity contribution < 1.29 is 45.1 Å². The van der Waals surface area contributed by atoms with Gasteiger partial charge in [0.2, 0.25) is 0 Å². The van der Waals surface area contributed by atoms with Gasteiger partial charge in [0.05, 0.1) is 0 Å². The van der Waals surface area contributed by atoms with Crippen LogP contribution in [-0.2, 0) is 20.3 Å². The van der Waals surface area contributed by atoms with Crippen molar-refractivity contribution in [2.24, 2.45) is 0 Å². The third kappa shape index (κ3) is 2.99. The van der Waals surface area contributed by atoms with Gasteiger partial charge in [-0.25, -0.2) is 0 Å². The van der Waals surface area contributed by atoms with Crippen molar-refractivity contribution in [1.82, 2.24) is 0 Å². The molecule has 0 radical (unpaired) electrons. The van der Waals surface area contributed by atoms with Gasteiger partial charge in [0.25, 0.3) is 0 Å². The number of benzene rings is 4. The molecule has 1 heterocycles. The molecule has 1 fully saturated rings. The first-order chi connectivity index (χ1) is 15.2. The molecule has 0 N–H and O–H groups in total. The van der Waals surface area contributed by atoms with E-state index in [-0.39, 0.29) is 24.8 Å². The summed E-state index contributed by atoms with van der Waals surface area (Å²) in [4.78, 5) is 0. The van der Waals surface area contributed by atoms with E-state index in [2.05, 4.69) is 111 Å². The van der Waals surface area contributed by atoms with Gasteiger partial charge in [-0.3, -0.25) is 0 Å². The Bertz CT molecular complexity index is 1340. The van der Waals surface area contributed by atoms with Crippen LogP contribution >= 0.6 is 0 Å². The fraction of sp³-hybridized carbons (Fsp3) is 0.200. The molecule has 164 valence electrons. The Morgan fingerprint density at radius 2 is 0.970 bits per heavy atom. The molecule has 33 heavy (non-hydrogen) atoms. The standard InChI is InChI=1S/2C13H9.C4H8.2ClH.Zr/c2*1-2-6-12-10(4-1)8-9-11-5-3-7-13(11)12;1-3-4-2;;;/h2*1-9H;3-4H,1-2H3;2*1H;/q;;;;;+2/p-2. The third-order valence-corrected chi connectivity index (χ3v) is 25.9. The maximum absolute atomic E-state index is 2.62. The molecule has 0 amide bonds. The van der Waals surface area contributed by atoms with Gasteiger partial charge in [0.15, 0.2) is 0 Å². The largest absolute Gasteiger partial charge is 1.00 e. The second-order valence-corrected chi connectivity index (χ2v) is 22.3. The van der Waals surface area contributed by atoms with Crippen molar-refractivity contribution in [3.63, 3.8) is 0 Å². The van der Waals surface area contributed by atoms with Crippen molar-refractivity contribution >= 4 is 33.7 Å². The monoisotopic (exact) mass is 546 g/mol. The molecule has 1 aliphatic heterocycles. The molecule has 0 spiro atoms. The minimum Gasteiger partial charge on any atom is -1.00 e. The second-order valence-electron chi connectivity index (χ2n) is 9.83. The summed E-state index contributed by atoms with van der Waals surface area (Å²) in [5.74, 6) is 0. The Morgan fingerprint density at radius 1 is 0.545 bits per heavy atom. The van der Waals surface area contributed by atoms with Crippen molar-refractivity contribution in [2.75, 3.05) is 0 Å². The van der Waals surface area contributed by atoms with E-state index >= 15 is 0 Å². The molecule has 3 heteroatoms. The van der Waals surface area contributed by atoms with E-state index in [0.29, 0.717) is 7.25 Å². The van der Waals surface area contributed by atoms with Crippen LogP contribution in [0.15, 0.2) is 84.9 Å². The third-order valence-electron chi connectivity index (χ3n) is 8.89. The molecule has 0 bridgehead atoms. The summed E-state index contributed by atoms with van der Waals surface area (Å²) < 4.78 is 3.19. The van der Waals surface area contributed by atoms with Crippen LogP contribution in [0.25, 0.3) is 33.7 Å². The minimum absolute atomic E-state index is 0. The Kier molecular flexibility index (Phi) is 5.76. The molecule has 0 aromatic heterocycles. The van der Waals surface area contributed by atoms with Gasteiger partial charge in [-0.05, 0) is 0 Å². The molecule has 4 aromatic rings. The van der Waals surface area contributed by atoms with Crippen molar-refractivity contribution in [3.05, 3.63) is 107 Å². The van der Waals surface area contributed by atoms with Gasteiger partial charge in [-0.15, -0.1) is 0 Å². The molecule has 4 aromatic carbocycles. The van der Waals surface area contributed by atoms with Crippen molar-refractivity contribution in [1.29, 1.82) is 0 Å². The van der Waals surface area contributed by atoms with E-state index in [9.17, 15) is 0 Å². The smallest absolute Gasteiger partial charge is 1.00 e. The van der Waals surface area contributed by atoms with Crippen LogP contribution in [0.3, 0.4) is 0 Å². The molecule has 2 aliphatic carbocycles. The van der Waals surface area contributed by atoms with E-state index in [1.807, 2.05) is 0 Å². The molecule has 3 aliphatic rings. The first kappa shape index (κ1) is 23.1. The van der Waals surface area contributed by atoms with Crippen LogP contribution in [0.2, 0.25) is 7.25 Å². The fourth-order valence-corrected chi connectivity index (χ4v) is 26.6.